The summed E-state index contributed by atoms with van der Waals surface area (Å²) >= 11 is 7.65. The molecule has 0 aliphatic carbocycles. The molecule has 1 atom stereocenters. The van der Waals surface area contributed by atoms with Crippen molar-refractivity contribution in [1.29, 1.82) is 0 Å². The van der Waals surface area contributed by atoms with E-state index in [0.29, 0.717) is 18.3 Å². The van der Waals surface area contributed by atoms with Crippen LogP contribution in [-0.2, 0) is 11.3 Å². The van der Waals surface area contributed by atoms with Crippen LogP contribution in [-0.4, -0.2) is 58.2 Å². The van der Waals surface area contributed by atoms with Crippen molar-refractivity contribution in [2.24, 2.45) is 5.92 Å². The van der Waals surface area contributed by atoms with Crippen molar-refractivity contribution in [2.45, 2.75) is 38.6 Å². The number of ether oxygens (including phenoxy) is 2. The molecule has 0 radical (unpaired) electrons. The molecule has 1 aromatic carbocycles. The molecule has 27 heavy (non-hydrogen) atoms. The minimum atomic E-state index is 0.220. The monoisotopic (exact) mass is 410 g/mol. The number of nitrogens with one attached hydrogen (secondary N) is 1. The zero-order chi connectivity index (χ0) is 19.2. The highest BCUT2D eigenvalue weighted by Crippen LogP contribution is 2.22. The molecule has 148 valence electrons. The highest BCUT2D eigenvalue weighted by Gasteiger charge is 2.21. The average Bonchev–Trinajstić information content (AvgIpc) is 3.09. The summed E-state index contributed by atoms with van der Waals surface area (Å²) < 4.78 is 11.6. The lowest BCUT2D eigenvalue weighted by Gasteiger charge is -2.33. The Morgan fingerprint density at radius 1 is 1.44 bits per heavy atom. The average molecular weight is 411 g/mol. The number of hydrogen-bond acceptors (Lipinski definition) is 6. The SMILES string of the molecule is Cc1cc(OCc2nc(SC[C@@H]3CN(CC(C)C)CCO3)n[nH]2)ccc1Cl. The van der Waals surface area contributed by atoms with E-state index in [9.17, 15) is 0 Å². The van der Waals surface area contributed by atoms with Gasteiger partial charge in [-0.2, -0.15) is 0 Å². The molecule has 1 N–H and O–H groups in total. The van der Waals surface area contributed by atoms with Crippen molar-refractivity contribution >= 4 is 23.4 Å². The van der Waals surface area contributed by atoms with Crippen molar-refractivity contribution < 1.29 is 9.47 Å². The van der Waals surface area contributed by atoms with Gasteiger partial charge in [-0.15, -0.1) is 5.10 Å². The number of hydrogen-bond donors (Lipinski definition) is 1. The molecule has 1 fully saturated rings. The fourth-order valence-corrected chi connectivity index (χ4v) is 3.94. The maximum atomic E-state index is 6.03. The van der Waals surface area contributed by atoms with Gasteiger partial charge in [0.1, 0.15) is 12.4 Å². The Morgan fingerprint density at radius 2 is 2.30 bits per heavy atom. The number of nitrogens with zero attached hydrogens (tertiary/aromatic N) is 3. The first-order valence-corrected chi connectivity index (χ1v) is 10.6. The van der Waals surface area contributed by atoms with E-state index in [1.54, 1.807) is 11.8 Å². The van der Waals surface area contributed by atoms with Crippen LogP contribution in [0.1, 0.15) is 25.2 Å². The number of thioether (sulfide) groups is 1. The maximum absolute atomic E-state index is 6.03. The van der Waals surface area contributed by atoms with E-state index in [-0.39, 0.29) is 6.10 Å². The van der Waals surface area contributed by atoms with Gasteiger partial charge < -0.3 is 9.47 Å². The van der Waals surface area contributed by atoms with E-state index in [4.69, 9.17) is 21.1 Å². The van der Waals surface area contributed by atoms with Gasteiger partial charge in [-0.3, -0.25) is 10.00 Å². The smallest absolute Gasteiger partial charge is 0.208 e. The Bertz CT molecular complexity index is 740. The van der Waals surface area contributed by atoms with Crippen LogP contribution < -0.4 is 4.74 Å². The molecule has 6 nitrogen and oxygen atoms in total. The second kappa shape index (κ2) is 9.78. The van der Waals surface area contributed by atoms with E-state index >= 15 is 0 Å². The third-order valence-corrected chi connectivity index (χ3v) is 5.66. The van der Waals surface area contributed by atoms with Crippen molar-refractivity contribution in [3.05, 3.63) is 34.6 Å². The molecule has 0 saturated carbocycles. The highest BCUT2D eigenvalue weighted by molar-refractivity contribution is 7.99. The van der Waals surface area contributed by atoms with Gasteiger partial charge in [-0.05, 0) is 36.6 Å². The third kappa shape index (κ3) is 6.38. The number of halogens is 1. The Kier molecular flexibility index (Phi) is 7.41. The molecule has 1 aliphatic rings. The molecular formula is C19H27ClN4O2S. The number of aromatic nitrogens is 3. The second-order valence-electron chi connectivity index (χ2n) is 7.22. The molecule has 0 bridgehead atoms. The van der Waals surface area contributed by atoms with Gasteiger partial charge in [0.2, 0.25) is 5.16 Å². The number of benzene rings is 1. The lowest BCUT2D eigenvalue weighted by atomic mass is 10.2. The zero-order valence-electron chi connectivity index (χ0n) is 16.1. The molecule has 3 rings (SSSR count). The first kappa shape index (κ1) is 20.5. The third-order valence-electron chi connectivity index (χ3n) is 4.26. The lowest BCUT2D eigenvalue weighted by Crippen LogP contribution is -2.44. The molecule has 1 saturated heterocycles. The molecular weight excluding hydrogens is 384 g/mol. The summed E-state index contributed by atoms with van der Waals surface area (Å²) in [6.45, 7) is 10.7. The van der Waals surface area contributed by atoms with Crippen LogP contribution >= 0.6 is 23.4 Å². The van der Waals surface area contributed by atoms with Crippen molar-refractivity contribution in [3.8, 4) is 5.75 Å². The molecule has 1 aromatic heterocycles. The van der Waals surface area contributed by atoms with Gasteiger partial charge in [-0.1, -0.05) is 37.2 Å². The van der Waals surface area contributed by atoms with E-state index in [1.165, 1.54) is 0 Å². The number of aromatic amines is 1. The number of aryl methyl sites for hydroxylation is 1. The van der Waals surface area contributed by atoms with E-state index < -0.39 is 0 Å². The quantitative estimate of drug-likeness (QED) is 0.668. The molecule has 0 amide bonds. The van der Waals surface area contributed by atoms with Gasteiger partial charge in [0.15, 0.2) is 5.82 Å². The molecule has 2 heterocycles. The molecule has 0 spiro atoms. The fourth-order valence-electron chi connectivity index (χ4n) is 3.00. The Morgan fingerprint density at radius 3 is 3.07 bits per heavy atom. The summed E-state index contributed by atoms with van der Waals surface area (Å²) in [5.41, 5.74) is 0.988. The summed E-state index contributed by atoms with van der Waals surface area (Å²) in [6.07, 6.45) is 0.220. The molecule has 0 unspecified atom stereocenters. The number of morpholine rings is 1. The molecule has 1 aliphatic heterocycles. The topological polar surface area (TPSA) is 63.3 Å². The Hall–Kier alpha value is -1.28. The van der Waals surface area contributed by atoms with E-state index in [0.717, 1.165) is 53.5 Å². The zero-order valence-corrected chi connectivity index (χ0v) is 17.6. The Balaban J connectivity index is 1.44. The summed E-state index contributed by atoms with van der Waals surface area (Å²) in [6, 6.07) is 5.60. The van der Waals surface area contributed by atoms with Crippen LogP contribution in [0.25, 0.3) is 0 Å². The fraction of sp³-hybridized carbons (Fsp3) is 0.579. The maximum Gasteiger partial charge on any atom is 0.208 e. The number of H-pyrrole nitrogens is 1. The molecule has 8 heteroatoms. The summed E-state index contributed by atoms with van der Waals surface area (Å²) in [5.74, 6) is 3.00. The van der Waals surface area contributed by atoms with Crippen LogP contribution in [0.3, 0.4) is 0 Å². The largest absolute Gasteiger partial charge is 0.486 e. The first-order chi connectivity index (χ1) is 13.0. The minimum absolute atomic E-state index is 0.220. The van der Waals surface area contributed by atoms with Crippen molar-refractivity contribution in [1.82, 2.24) is 20.1 Å². The minimum Gasteiger partial charge on any atom is -0.486 e. The van der Waals surface area contributed by atoms with Crippen molar-refractivity contribution in [2.75, 3.05) is 32.0 Å². The summed E-state index contributed by atoms with van der Waals surface area (Å²) in [5, 5.41) is 8.67. The van der Waals surface area contributed by atoms with E-state index in [2.05, 4.69) is 33.9 Å². The van der Waals surface area contributed by atoms with Crippen LogP contribution in [0.4, 0.5) is 0 Å². The van der Waals surface area contributed by atoms with Gasteiger partial charge in [0.25, 0.3) is 0 Å². The highest BCUT2D eigenvalue weighted by atomic mass is 35.5. The predicted molar refractivity (Wildman–Crippen MR) is 109 cm³/mol. The normalized spacial score (nSPS) is 18.2. The Labute approximate surface area is 170 Å². The summed E-state index contributed by atoms with van der Waals surface area (Å²) in [7, 11) is 0. The van der Waals surface area contributed by atoms with Crippen LogP contribution in [0.15, 0.2) is 23.4 Å². The van der Waals surface area contributed by atoms with E-state index in [1.807, 2.05) is 25.1 Å². The predicted octanol–water partition coefficient (Wildman–Crippen LogP) is 3.79. The second-order valence-corrected chi connectivity index (χ2v) is 8.62. The molecule has 2 aromatic rings. The van der Waals surface area contributed by atoms with Gasteiger partial charge in [-0.25, -0.2) is 4.98 Å². The van der Waals surface area contributed by atoms with Crippen LogP contribution in [0.5, 0.6) is 5.75 Å². The lowest BCUT2D eigenvalue weighted by molar-refractivity contribution is -0.0191. The van der Waals surface area contributed by atoms with Crippen LogP contribution in [0.2, 0.25) is 5.02 Å². The number of rotatable bonds is 8. The van der Waals surface area contributed by atoms with Gasteiger partial charge in [0.05, 0.1) is 12.7 Å². The van der Waals surface area contributed by atoms with Gasteiger partial charge >= 0.3 is 0 Å². The van der Waals surface area contributed by atoms with Gasteiger partial charge in [0, 0.05) is 30.4 Å². The summed E-state index contributed by atoms with van der Waals surface area (Å²) in [4.78, 5) is 6.97. The van der Waals surface area contributed by atoms with Crippen molar-refractivity contribution in [3.63, 3.8) is 0 Å². The first-order valence-electron chi connectivity index (χ1n) is 9.26. The van der Waals surface area contributed by atoms with Crippen LogP contribution in [0, 0.1) is 12.8 Å². The standard InChI is InChI=1S/C19H27ClN4O2S/c1-13(2)9-24-6-7-25-16(10-24)12-27-19-21-18(22-23-19)11-26-15-4-5-17(20)14(3)8-15/h4-5,8,13,16H,6-7,9-12H2,1-3H3,(H,21,22,23)/t16-/m0/s1.